The number of ether oxygens (including phenoxy) is 3. The summed E-state index contributed by atoms with van der Waals surface area (Å²) in [6.45, 7) is 6.59. The van der Waals surface area contributed by atoms with Crippen molar-refractivity contribution in [2.24, 2.45) is 4.99 Å². The van der Waals surface area contributed by atoms with E-state index in [-0.39, 0.29) is 0 Å². The molecule has 6 nitrogen and oxygen atoms in total. The van der Waals surface area contributed by atoms with E-state index in [1.54, 1.807) is 21.3 Å². The summed E-state index contributed by atoms with van der Waals surface area (Å²) >= 11 is 0. The van der Waals surface area contributed by atoms with Gasteiger partial charge in [-0.2, -0.15) is 0 Å². The zero-order valence-corrected chi connectivity index (χ0v) is 18.2. The molecular weight excluding hydrogens is 366 g/mol. The van der Waals surface area contributed by atoms with Gasteiger partial charge < -0.3 is 24.8 Å². The molecule has 2 N–H and O–H groups in total. The molecule has 0 saturated carbocycles. The highest BCUT2D eigenvalue weighted by Gasteiger charge is 2.06. The number of guanidine groups is 1. The average Bonchev–Trinajstić information content (AvgIpc) is 2.73. The number of aliphatic imine (C=N–C) groups is 1. The van der Waals surface area contributed by atoms with E-state index in [1.807, 2.05) is 13.0 Å². The Hall–Kier alpha value is -2.73. The van der Waals surface area contributed by atoms with Crippen molar-refractivity contribution in [3.05, 3.63) is 58.7 Å². The molecule has 6 heteroatoms. The molecular formula is C23H33N3O3. The van der Waals surface area contributed by atoms with E-state index < -0.39 is 0 Å². The summed E-state index contributed by atoms with van der Waals surface area (Å²) in [5, 5.41) is 6.72. The van der Waals surface area contributed by atoms with E-state index in [0.717, 1.165) is 47.1 Å². The van der Waals surface area contributed by atoms with Crippen molar-refractivity contribution in [3.63, 3.8) is 0 Å². The largest absolute Gasteiger partial charge is 0.496 e. The standard InChI is InChI=1S/C23H33N3O3/c1-17-6-9-20(22(14-17)29-13-12-27-4)16-26-23(24-3)25-11-10-19-8-7-18(2)21(15-19)28-5/h6-9,14-15H,10-13,16H2,1-5H3,(H2,24,25,26). The quantitative estimate of drug-likeness (QED) is 0.365. The van der Waals surface area contributed by atoms with Crippen LogP contribution in [0.15, 0.2) is 41.4 Å². The van der Waals surface area contributed by atoms with Crippen molar-refractivity contribution in [2.75, 3.05) is 41.0 Å². The van der Waals surface area contributed by atoms with Gasteiger partial charge in [0.25, 0.3) is 0 Å². The molecule has 0 aromatic heterocycles. The van der Waals surface area contributed by atoms with Gasteiger partial charge >= 0.3 is 0 Å². The number of hydrogen-bond donors (Lipinski definition) is 2. The molecule has 2 rings (SSSR count). The van der Waals surface area contributed by atoms with Crippen LogP contribution in [0.1, 0.15) is 22.3 Å². The fourth-order valence-corrected chi connectivity index (χ4v) is 2.92. The second-order valence-corrected chi connectivity index (χ2v) is 6.86. The van der Waals surface area contributed by atoms with Gasteiger partial charge in [0.05, 0.1) is 13.7 Å². The van der Waals surface area contributed by atoms with Crippen LogP contribution >= 0.6 is 0 Å². The monoisotopic (exact) mass is 399 g/mol. The van der Waals surface area contributed by atoms with Gasteiger partial charge in [0.15, 0.2) is 5.96 Å². The summed E-state index contributed by atoms with van der Waals surface area (Å²) in [5.41, 5.74) is 4.61. The second kappa shape index (κ2) is 12.0. The predicted molar refractivity (Wildman–Crippen MR) is 118 cm³/mol. The molecule has 0 unspecified atom stereocenters. The molecule has 2 aromatic carbocycles. The molecule has 0 aliphatic heterocycles. The number of nitrogens with zero attached hydrogens (tertiary/aromatic N) is 1. The minimum Gasteiger partial charge on any atom is -0.496 e. The highest BCUT2D eigenvalue weighted by atomic mass is 16.5. The number of aryl methyl sites for hydroxylation is 2. The average molecular weight is 400 g/mol. The SMILES string of the molecule is CN=C(NCCc1ccc(C)c(OC)c1)NCc1ccc(C)cc1OCCOC. The van der Waals surface area contributed by atoms with Gasteiger partial charge in [-0.25, -0.2) is 0 Å². The Morgan fingerprint density at radius 1 is 0.966 bits per heavy atom. The number of methoxy groups -OCH3 is 2. The maximum Gasteiger partial charge on any atom is 0.191 e. The molecule has 0 aliphatic carbocycles. The van der Waals surface area contributed by atoms with Crippen molar-refractivity contribution in [2.45, 2.75) is 26.8 Å². The van der Waals surface area contributed by atoms with Crippen molar-refractivity contribution in [3.8, 4) is 11.5 Å². The summed E-state index contributed by atoms with van der Waals surface area (Å²) in [5.74, 6) is 2.55. The second-order valence-electron chi connectivity index (χ2n) is 6.86. The molecule has 0 heterocycles. The molecule has 158 valence electrons. The van der Waals surface area contributed by atoms with E-state index in [4.69, 9.17) is 14.2 Å². The zero-order chi connectivity index (χ0) is 21.1. The summed E-state index contributed by atoms with van der Waals surface area (Å²) in [7, 11) is 5.15. The van der Waals surface area contributed by atoms with Crippen LogP contribution in [0.5, 0.6) is 11.5 Å². The van der Waals surface area contributed by atoms with Crippen molar-refractivity contribution >= 4 is 5.96 Å². The zero-order valence-electron chi connectivity index (χ0n) is 18.2. The van der Waals surface area contributed by atoms with Gasteiger partial charge in [-0.3, -0.25) is 4.99 Å². The van der Waals surface area contributed by atoms with Crippen LogP contribution in [0.3, 0.4) is 0 Å². The highest BCUT2D eigenvalue weighted by Crippen LogP contribution is 2.20. The Labute approximate surface area is 174 Å². The normalized spacial score (nSPS) is 11.3. The lowest BCUT2D eigenvalue weighted by Crippen LogP contribution is -2.38. The van der Waals surface area contributed by atoms with Gasteiger partial charge in [0.2, 0.25) is 0 Å². The molecule has 0 fully saturated rings. The van der Waals surface area contributed by atoms with Gasteiger partial charge in [0.1, 0.15) is 18.1 Å². The van der Waals surface area contributed by atoms with Gasteiger partial charge in [-0.05, 0) is 49.1 Å². The minimum absolute atomic E-state index is 0.528. The van der Waals surface area contributed by atoms with Crippen LogP contribution in [0.4, 0.5) is 0 Å². The molecule has 0 bridgehead atoms. The van der Waals surface area contributed by atoms with Crippen molar-refractivity contribution in [1.82, 2.24) is 10.6 Å². The third-order valence-corrected chi connectivity index (χ3v) is 4.62. The van der Waals surface area contributed by atoms with E-state index in [2.05, 4.69) is 52.9 Å². The minimum atomic E-state index is 0.528. The molecule has 0 saturated heterocycles. The third-order valence-electron chi connectivity index (χ3n) is 4.62. The third kappa shape index (κ3) is 7.31. The maximum atomic E-state index is 5.86. The fourth-order valence-electron chi connectivity index (χ4n) is 2.92. The summed E-state index contributed by atoms with van der Waals surface area (Å²) < 4.78 is 16.3. The van der Waals surface area contributed by atoms with Crippen LogP contribution in [-0.2, 0) is 17.7 Å². The van der Waals surface area contributed by atoms with Crippen molar-refractivity contribution < 1.29 is 14.2 Å². The molecule has 0 atom stereocenters. The highest BCUT2D eigenvalue weighted by molar-refractivity contribution is 5.79. The first-order valence-corrected chi connectivity index (χ1v) is 9.86. The van der Waals surface area contributed by atoms with Crippen molar-refractivity contribution in [1.29, 1.82) is 0 Å². The molecule has 0 spiro atoms. The first kappa shape index (κ1) is 22.6. The molecule has 2 aromatic rings. The van der Waals surface area contributed by atoms with Crippen LogP contribution in [0.2, 0.25) is 0 Å². The van der Waals surface area contributed by atoms with Crippen LogP contribution in [0, 0.1) is 13.8 Å². The lowest BCUT2D eigenvalue weighted by atomic mass is 10.1. The Kier molecular flexibility index (Phi) is 9.31. The topological polar surface area (TPSA) is 64.1 Å². The van der Waals surface area contributed by atoms with E-state index >= 15 is 0 Å². The number of rotatable bonds is 10. The first-order chi connectivity index (χ1) is 14.1. The van der Waals surface area contributed by atoms with E-state index in [0.29, 0.717) is 19.8 Å². The van der Waals surface area contributed by atoms with Gasteiger partial charge in [-0.1, -0.05) is 24.3 Å². The van der Waals surface area contributed by atoms with Gasteiger partial charge in [-0.15, -0.1) is 0 Å². The number of hydrogen-bond acceptors (Lipinski definition) is 4. The van der Waals surface area contributed by atoms with Crippen LogP contribution < -0.4 is 20.1 Å². The Bertz CT molecular complexity index is 806. The summed E-state index contributed by atoms with van der Waals surface area (Å²) in [6.07, 6.45) is 0.882. The lowest BCUT2D eigenvalue weighted by Gasteiger charge is -2.15. The molecule has 0 radical (unpaired) electrons. The Balaban J connectivity index is 1.87. The van der Waals surface area contributed by atoms with Gasteiger partial charge in [0, 0.05) is 32.8 Å². The van der Waals surface area contributed by atoms with Crippen LogP contribution in [-0.4, -0.2) is 47.0 Å². The Morgan fingerprint density at radius 2 is 1.79 bits per heavy atom. The number of benzene rings is 2. The number of nitrogens with one attached hydrogen (secondary N) is 2. The Morgan fingerprint density at radius 3 is 2.52 bits per heavy atom. The fraction of sp³-hybridized carbons (Fsp3) is 0.435. The maximum absolute atomic E-state index is 5.86. The summed E-state index contributed by atoms with van der Waals surface area (Å²) in [6, 6.07) is 12.5. The van der Waals surface area contributed by atoms with E-state index in [1.165, 1.54) is 5.56 Å². The predicted octanol–water partition coefficient (Wildman–Crippen LogP) is 3.24. The van der Waals surface area contributed by atoms with E-state index in [9.17, 15) is 0 Å². The smallest absolute Gasteiger partial charge is 0.191 e. The molecule has 0 aliphatic rings. The first-order valence-electron chi connectivity index (χ1n) is 9.86. The van der Waals surface area contributed by atoms with Crippen LogP contribution in [0.25, 0.3) is 0 Å². The molecule has 29 heavy (non-hydrogen) atoms. The molecule has 0 amide bonds. The lowest BCUT2D eigenvalue weighted by molar-refractivity contribution is 0.145. The summed E-state index contributed by atoms with van der Waals surface area (Å²) in [4.78, 5) is 4.31.